The van der Waals surface area contributed by atoms with E-state index in [-0.39, 0.29) is 16.7 Å². The maximum absolute atomic E-state index is 12.1. The lowest BCUT2D eigenvalue weighted by Crippen LogP contribution is -2.27. The highest BCUT2D eigenvalue weighted by molar-refractivity contribution is 8.18. The maximum atomic E-state index is 12.1. The summed E-state index contributed by atoms with van der Waals surface area (Å²) in [7, 11) is 0. The van der Waals surface area contributed by atoms with Crippen molar-refractivity contribution in [2.45, 2.75) is 6.92 Å². The number of carbonyl (C=O) groups excluding carboxylic acids is 2. The van der Waals surface area contributed by atoms with Crippen LogP contribution >= 0.6 is 11.8 Å². The number of aromatic carboxylic acids is 1. The first-order chi connectivity index (χ1) is 11.5. The molecule has 0 unspecified atom stereocenters. The SMILES string of the molecule is CCN1C(=O)S/C(=C\c2ccc(-c3cccc(C(=O)O)c3)o2)C1=O. The molecule has 0 bridgehead atoms. The molecule has 1 aliphatic heterocycles. The van der Waals surface area contributed by atoms with E-state index in [0.29, 0.717) is 28.5 Å². The molecule has 24 heavy (non-hydrogen) atoms. The van der Waals surface area contributed by atoms with Crippen LogP contribution in [0.25, 0.3) is 17.4 Å². The van der Waals surface area contributed by atoms with Gasteiger partial charge in [-0.2, -0.15) is 0 Å². The Kier molecular flexibility index (Phi) is 4.26. The van der Waals surface area contributed by atoms with Crippen LogP contribution in [-0.4, -0.2) is 33.7 Å². The Balaban J connectivity index is 1.88. The summed E-state index contributed by atoms with van der Waals surface area (Å²) in [5.41, 5.74) is 0.783. The third-order valence-corrected chi connectivity index (χ3v) is 4.39. The molecule has 1 aromatic carbocycles. The van der Waals surface area contributed by atoms with Crippen LogP contribution in [0.5, 0.6) is 0 Å². The van der Waals surface area contributed by atoms with Gasteiger partial charge in [0, 0.05) is 18.2 Å². The van der Waals surface area contributed by atoms with Gasteiger partial charge in [-0.15, -0.1) is 0 Å². The van der Waals surface area contributed by atoms with E-state index >= 15 is 0 Å². The van der Waals surface area contributed by atoms with E-state index in [1.165, 1.54) is 18.2 Å². The zero-order chi connectivity index (χ0) is 17.3. The van der Waals surface area contributed by atoms with Crippen LogP contribution in [0.4, 0.5) is 4.79 Å². The summed E-state index contributed by atoms with van der Waals surface area (Å²) in [6, 6.07) is 9.74. The molecule has 1 saturated heterocycles. The standard InChI is InChI=1S/C17H13NO5S/c1-2-18-15(19)14(24-17(18)22)9-12-6-7-13(23-12)10-4-3-5-11(8-10)16(20)21/h3-9H,2H2,1H3,(H,20,21)/b14-9-. The molecule has 122 valence electrons. The van der Waals surface area contributed by atoms with Crippen LogP contribution in [-0.2, 0) is 4.79 Å². The number of nitrogens with zero attached hydrogens (tertiary/aromatic N) is 1. The summed E-state index contributed by atoms with van der Waals surface area (Å²) in [5.74, 6) is -0.443. The number of carboxylic acids is 1. The van der Waals surface area contributed by atoms with Gasteiger partial charge < -0.3 is 9.52 Å². The predicted octanol–water partition coefficient (Wildman–Crippen LogP) is 3.70. The fraction of sp³-hybridized carbons (Fsp3) is 0.118. The summed E-state index contributed by atoms with van der Waals surface area (Å²) in [5, 5.41) is 8.74. The summed E-state index contributed by atoms with van der Waals surface area (Å²) >= 11 is 0.873. The van der Waals surface area contributed by atoms with E-state index in [0.717, 1.165) is 16.7 Å². The van der Waals surface area contributed by atoms with Crippen LogP contribution in [0.1, 0.15) is 23.0 Å². The van der Waals surface area contributed by atoms with Crippen LogP contribution in [0.2, 0.25) is 0 Å². The number of hydrogen-bond acceptors (Lipinski definition) is 5. The normalized spacial score (nSPS) is 16.2. The highest BCUT2D eigenvalue weighted by Crippen LogP contribution is 2.33. The Labute approximate surface area is 141 Å². The van der Waals surface area contributed by atoms with Crippen molar-refractivity contribution in [3.63, 3.8) is 0 Å². The first-order valence-electron chi connectivity index (χ1n) is 7.18. The smallest absolute Gasteiger partial charge is 0.335 e. The molecule has 0 spiro atoms. The van der Waals surface area contributed by atoms with Crippen molar-refractivity contribution in [1.82, 2.24) is 4.90 Å². The quantitative estimate of drug-likeness (QED) is 0.852. The van der Waals surface area contributed by atoms with Crippen molar-refractivity contribution in [2.75, 3.05) is 6.54 Å². The number of thioether (sulfide) groups is 1. The van der Waals surface area contributed by atoms with Gasteiger partial charge in [-0.3, -0.25) is 14.5 Å². The molecule has 2 aromatic rings. The molecule has 0 aliphatic carbocycles. The fourth-order valence-electron chi connectivity index (χ4n) is 2.29. The first kappa shape index (κ1) is 16.1. The highest BCUT2D eigenvalue weighted by Gasteiger charge is 2.33. The molecule has 2 amide bonds. The Hall–Kier alpha value is -2.80. The van der Waals surface area contributed by atoms with E-state index in [9.17, 15) is 14.4 Å². The number of amides is 2. The molecule has 1 aromatic heterocycles. The minimum Gasteiger partial charge on any atom is -0.478 e. The molecule has 0 radical (unpaired) electrons. The molecule has 0 saturated carbocycles. The first-order valence-corrected chi connectivity index (χ1v) is 8.00. The van der Waals surface area contributed by atoms with Gasteiger partial charge in [0.05, 0.1) is 10.5 Å². The van der Waals surface area contributed by atoms with Crippen LogP contribution < -0.4 is 0 Å². The van der Waals surface area contributed by atoms with Crippen LogP contribution in [0, 0.1) is 0 Å². The largest absolute Gasteiger partial charge is 0.478 e. The highest BCUT2D eigenvalue weighted by atomic mass is 32.2. The Morgan fingerprint density at radius 1 is 1.29 bits per heavy atom. The molecule has 3 rings (SSSR count). The van der Waals surface area contributed by atoms with E-state index < -0.39 is 5.97 Å². The Morgan fingerprint density at radius 2 is 2.08 bits per heavy atom. The molecule has 1 N–H and O–H groups in total. The van der Waals surface area contributed by atoms with Crippen LogP contribution in [0.15, 0.2) is 45.7 Å². The summed E-state index contributed by atoms with van der Waals surface area (Å²) in [6.07, 6.45) is 1.52. The van der Waals surface area contributed by atoms with Gasteiger partial charge in [0.1, 0.15) is 11.5 Å². The van der Waals surface area contributed by atoms with Gasteiger partial charge in [0.15, 0.2) is 0 Å². The number of imide groups is 1. The average molecular weight is 343 g/mol. The molecular formula is C17H13NO5S. The Bertz CT molecular complexity index is 867. The number of rotatable bonds is 4. The predicted molar refractivity (Wildman–Crippen MR) is 89.5 cm³/mol. The van der Waals surface area contributed by atoms with Gasteiger partial charge in [-0.25, -0.2) is 4.79 Å². The number of hydrogen-bond donors (Lipinski definition) is 1. The lowest BCUT2D eigenvalue weighted by molar-refractivity contribution is -0.122. The summed E-state index contributed by atoms with van der Waals surface area (Å²) in [6.45, 7) is 2.06. The molecule has 1 fully saturated rings. The van der Waals surface area contributed by atoms with Gasteiger partial charge >= 0.3 is 5.97 Å². The molecule has 1 aliphatic rings. The molecule has 2 heterocycles. The van der Waals surface area contributed by atoms with Gasteiger partial charge in [0.25, 0.3) is 11.1 Å². The zero-order valence-electron chi connectivity index (χ0n) is 12.7. The number of carboxylic acid groups (broad SMARTS) is 1. The number of furan rings is 1. The topological polar surface area (TPSA) is 87.8 Å². The lowest BCUT2D eigenvalue weighted by Gasteiger charge is -2.06. The number of carbonyl (C=O) groups is 3. The van der Waals surface area contributed by atoms with E-state index in [4.69, 9.17) is 9.52 Å². The minimum atomic E-state index is -1.02. The van der Waals surface area contributed by atoms with Crippen molar-refractivity contribution in [1.29, 1.82) is 0 Å². The molecule has 0 atom stereocenters. The van der Waals surface area contributed by atoms with Crippen molar-refractivity contribution >= 4 is 35.0 Å². The second kappa shape index (κ2) is 6.37. The summed E-state index contributed by atoms with van der Waals surface area (Å²) in [4.78, 5) is 36.2. The monoisotopic (exact) mass is 343 g/mol. The molecule has 6 nitrogen and oxygen atoms in total. The van der Waals surface area contributed by atoms with Gasteiger partial charge in [-0.1, -0.05) is 12.1 Å². The molecule has 7 heteroatoms. The lowest BCUT2D eigenvalue weighted by atomic mass is 10.1. The van der Waals surface area contributed by atoms with Gasteiger partial charge in [-0.05, 0) is 43.0 Å². The third kappa shape index (κ3) is 2.98. The average Bonchev–Trinajstić information content (AvgIpc) is 3.13. The van der Waals surface area contributed by atoms with E-state index in [2.05, 4.69) is 0 Å². The third-order valence-electron chi connectivity index (χ3n) is 3.48. The second-order valence-electron chi connectivity index (χ2n) is 5.01. The summed E-state index contributed by atoms with van der Waals surface area (Å²) < 4.78 is 5.65. The Morgan fingerprint density at radius 3 is 2.75 bits per heavy atom. The van der Waals surface area contributed by atoms with Crippen molar-refractivity contribution in [3.05, 3.63) is 52.6 Å². The van der Waals surface area contributed by atoms with E-state index in [1.807, 2.05) is 0 Å². The number of likely N-dealkylation sites (N-methyl/N-ethyl adjacent to an activating group) is 1. The van der Waals surface area contributed by atoms with Crippen molar-refractivity contribution in [3.8, 4) is 11.3 Å². The van der Waals surface area contributed by atoms with Crippen molar-refractivity contribution < 1.29 is 23.9 Å². The fourth-order valence-corrected chi connectivity index (χ4v) is 3.18. The maximum Gasteiger partial charge on any atom is 0.335 e. The van der Waals surface area contributed by atoms with Gasteiger partial charge in [0.2, 0.25) is 0 Å². The van der Waals surface area contributed by atoms with Crippen molar-refractivity contribution in [2.24, 2.45) is 0 Å². The zero-order valence-corrected chi connectivity index (χ0v) is 13.5. The minimum absolute atomic E-state index is 0.162. The van der Waals surface area contributed by atoms with Crippen LogP contribution in [0.3, 0.4) is 0 Å². The molecular weight excluding hydrogens is 330 g/mol. The van der Waals surface area contributed by atoms with E-state index in [1.54, 1.807) is 31.2 Å². The second-order valence-corrected chi connectivity index (χ2v) is 6.01. The number of benzene rings is 1.